The summed E-state index contributed by atoms with van der Waals surface area (Å²) in [6.07, 6.45) is 0.968. The number of nitrogens with zero attached hydrogens (tertiary/aromatic N) is 1. The quantitative estimate of drug-likeness (QED) is 0.812. The highest BCUT2D eigenvalue weighted by Crippen LogP contribution is 2.27. The number of hydrogen-bond donors (Lipinski definition) is 1. The van der Waals surface area contributed by atoms with Crippen LogP contribution in [0.15, 0.2) is 41.8 Å². The zero-order valence-electron chi connectivity index (χ0n) is 13.7. The fraction of sp³-hybridized carbons (Fsp3) is 0.389. The molecule has 1 fully saturated rings. The van der Waals surface area contributed by atoms with Gasteiger partial charge in [0, 0.05) is 30.8 Å². The normalized spacial score (nSPS) is 17.2. The average Bonchev–Trinajstić information content (AvgIpc) is 3.27. The summed E-state index contributed by atoms with van der Waals surface area (Å²) in [6, 6.07) is 12.0. The van der Waals surface area contributed by atoms with E-state index in [4.69, 9.17) is 9.47 Å². The highest BCUT2D eigenvalue weighted by molar-refractivity contribution is 7.13. The number of urea groups is 1. The molecule has 1 saturated heterocycles. The van der Waals surface area contributed by atoms with Gasteiger partial charge in [0.2, 0.25) is 0 Å². The number of carbonyl (C=O) groups is 1. The largest absolute Gasteiger partial charge is 0.382 e. The van der Waals surface area contributed by atoms with Crippen molar-refractivity contribution >= 4 is 23.1 Å². The number of benzene rings is 1. The molecule has 0 aliphatic carbocycles. The third-order valence-electron chi connectivity index (χ3n) is 3.99. The van der Waals surface area contributed by atoms with E-state index in [9.17, 15) is 4.79 Å². The monoisotopic (exact) mass is 346 g/mol. The fourth-order valence-electron chi connectivity index (χ4n) is 2.74. The molecule has 2 amide bonds. The highest BCUT2D eigenvalue weighted by atomic mass is 32.1. The van der Waals surface area contributed by atoms with Gasteiger partial charge in [-0.3, -0.25) is 0 Å². The van der Waals surface area contributed by atoms with E-state index >= 15 is 0 Å². The van der Waals surface area contributed by atoms with Gasteiger partial charge in [-0.25, -0.2) is 4.79 Å². The van der Waals surface area contributed by atoms with Crippen LogP contribution in [0, 0.1) is 0 Å². The Morgan fingerprint density at radius 3 is 3.04 bits per heavy atom. The molecule has 5 nitrogen and oxygen atoms in total. The van der Waals surface area contributed by atoms with Crippen LogP contribution < -0.4 is 5.32 Å². The smallest absolute Gasteiger partial charge is 0.321 e. The number of methoxy groups -OCH3 is 1. The Hall–Kier alpha value is -1.89. The molecule has 0 bridgehead atoms. The van der Waals surface area contributed by atoms with Crippen LogP contribution in [0.4, 0.5) is 10.5 Å². The van der Waals surface area contributed by atoms with Gasteiger partial charge >= 0.3 is 6.03 Å². The minimum Gasteiger partial charge on any atom is -0.382 e. The van der Waals surface area contributed by atoms with Crippen molar-refractivity contribution in [1.82, 2.24) is 4.90 Å². The van der Waals surface area contributed by atoms with Gasteiger partial charge in [0.05, 0.1) is 19.3 Å². The molecule has 6 heteroatoms. The lowest BCUT2D eigenvalue weighted by Gasteiger charge is -2.18. The summed E-state index contributed by atoms with van der Waals surface area (Å²) in [5.74, 6) is 0. The first-order valence-corrected chi connectivity index (χ1v) is 8.94. The van der Waals surface area contributed by atoms with Crippen molar-refractivity contribution in [3.05, 3.63) is 41.8 Å². The summed E-state index contributed by atoms with van der Waals surface area (Å²) in [4.78, 5) is 15.4. The maximum atomic E-state index is 12.4. The van der Waals surface area contributed by atoms with Crippen LogP contribution in [-0.2, 0) is 9.47 Å². The zero-order chi connectivity index (χ0) is 16.8. The van der Waals surface area contributed by atoms with Crippen LogP contribution >= 0.6 is 11.3 Å². The molecule has 3 rings (SSSR count). The number of anilines is 1. The minimum absolute atomic E-state index is 0.0730. The van der Waals surface area contributed by atoms with E-state index in [-0.39, 0.29) is 12.1 Å². The van der Waals surface area contributed by atoms with Crippen molar-refractivity contribution in [2.75, 3.05) is 38.7 Å². The van der Waals surface area contributed by atoms with E-state index in [0.717, 1.165) is 17.7 Å². The molecule has 2 aromatic rings. The van der Waals surface area contributed by atoms with Crippen molar-refractivity contribution in [3.8, 4) is 10.4 Å². The van der Waals surface area contributed by atoms with E-state index < -0.39 is 0 Å². The van der Waals surface area contributed by atoms with Crippen LogP contribution in [0.3, 0.4) is 0 Å². The Morgan fingerprint density at radius 1 is 1.33 bits per heavy atom. The van der Waals surface area contributed by atoms with Gasteiger partial charge in [-0.1, -0.05) is 18.2 Å². The summed E-state index contributed by atoms with van der Waals surface area (Å²) < 4.78 is 10.7. The predicted octanol–water partition coefficient (Wildman–Crippen LogP) is 3.68. The lowest BCUT2D eigenvalue weighted by atomic mass is 10.1. The Labute approximate surface area is 146 Å². The van der Waals surface area contributed by atoms with E-state index in [1.165, 1.54) is 4.88 Å². The highest BCUT2D eigenvalue weighted by Gasteiger charge is 2.26. The molecule has 1 N–H and O–H groups in total. The third kappa shape index (κ3) is 4.35. The van der Waals surface area contributed by atoms with Crippen molar-refractivity contribution in [2.24, 2.45) is 0 Å². The number of thiophene rings is 1. The number of hydrogen-bond acceptors (Lipinski definition) is 4. The van der Waals surface area contributed by atoms with Crippen LogP contribution in [0.25, 0.3) is 10.4 Å². The second-order valence-electron chi connectivity index (χ2n) is 5.71. The maximum Gasteiger partial charge on any atom is 0.321 e. The van der Waals surface area contributed by atoms with Crippen LogP contribution in [0.5, 0.6) is 0 Å². The summed E-state index contributed by atoms with van der Waals surface area (Å²) in [5.41, 5.74) is 1.93. The molecule has 128 valence electrons. The summed E-state index contributed by atoms with van der Waals surface area (Å²) >= 11 is 1.69. The second kappa shape index (κ2) is 8.28. The summed E-state index contributed by atoms with van der Waals surface area (Å²) in [5, 5.41) is 5.04. The van der Waals surface area contributed by atoms with Gasteiger partial charge in [-0.05, 0) is 35.6 Å². The van der Waals surface area contributed by atoms with Crippen LogP contribution in [0.1, 0.15) is 6.42 Å². The first-order valence-electron chi connectivity index (χ1n) is 8.06. The Bertz CT molecular complexity index is 660. The SMILES string of the molecule is COCCO[C@H]1CCN(C(=O)Nc2cccc(-c3cccs3)c2)C1. The Kier molecular flexibility index (Phi) is 5.85. The van der Waals surface area contributed by atoms with Gasteiger partial charge < -0.3 is 19.7 Å². The molecule has 1 aromatic heterocycles. The standard InChI is InChI=1S/C18H22N2O3S/c1-22-9-10-23-16-7-8-20(13-16)18(21)19-15-5-2-4-14(12-15)17-6-3-11-24-17/h2-6,11-12,16H,7-10,13H2,1H3,(H,19,21)/t16-/m0/s1. The van der Waals surface area contributed by atoms with Crippen molar-refractivity contribution in [3.63, 3.8) is 0 Å². The predicted molar refractivity (Wildman–Crippen MR) is 96.6 cm³/mol. The van der Waals surface area contributed by atoms with Gasteiger partial charge in [-0.15, -0.1) is 11.3 Å². The summed E-state index contributed by atoms with van der Waals surface area (Å²) in [6.45, 7) is 2.49. The van der Waals surface area contributed by atoms with E-state index in [1.807, 2.05) is 24.3 Å². The van der Waals surface area contributed by atoms with Crippen molar-refractivity contribution in [2.45, 2.75) is 12.5 Å². The first kappa shape index (κ1) is 17.0. The molecule has 1 aliphatic rings. The van der Waals surface area contributed by atoms with Gasteiger partial charge in [0.25, 0.3) is 0 Å². The van der Waals surface area contributed by atoms with Crippen molar-refractivity contribution in [1.29, 1.82) is 0 Å². The van der Waals surface area contributed by atoms with Crippen molar-refractivity contribution < 1.29 is 14.3 Å². The van der Waals surface area contributed by atoms with E-state index in [2.05, 4.69) is 22.8 Å². The maximum absolute atomic E-state index is 12.4. The molecule has 0 saturated carbocycles. The van der Waals surface area contributed by atoms with Gasteiger partial charge in [0.1, 0.15) is 0 Å². The number of carbonyl (C=O) groups excluding carboxylic acids is 1. The molecular formula is C18H22N2O3S. The minimum atomic E-state index is -0.0730. The molecule has 0 spiro atoms. The average molecular weight is 346 g/mol. The number of ether oxygens (including phenoxy) is 2. The van der Waals surface area contributed by atoms with E-state index in [0.29, 0.717) is 26.3 Å². The molecule has 0 unspecified atom stereocenters. The lowest BCUT2D eigenvalue weighted by Crippen LogP contribution is -2.34. The molecule has 2 heterocycles. The summed E-state index contributed by atoms with van der Waals surface area (Å²) in [7, 11) is 1.65. The van der Waals surface area contributed by atoms with Crippen LogP contribution in [0.2, 0.25) is 0 Å². The Morgan fingerprint density at radius 2 is 2.25 bits per heavy atom. The van der Waals surface area contributed by atoms with E-state index in [1.54, 1.807) is 23.3 Å². The lowest BCUT2D eigenvalue weighted by molar-refractivity contribution is 0.0239. The fourth-order valence-corrected chi connectivity index (χ4v) is 3.47. The third-order valence-corrected chi connectivity index (χ3v) is 4.91. The zero-order valence-corrected chi connectivity index (χ0v) is 14.6. The number of nitrogens with one attached hydrogen (secondary N) is 1. The second-order valence-corrected chi connectivity index (χ2v) is 6.66. The molecular weight excluding hydrogens is 324 g/mol. The topological polar surface area (TPSA) is 50.8 Å². The van der Waals surface area contributed by atoms with Gasteiger partial charge in [0.15, 0.2) is 0 Å². The molecule has 1 atom stereocenters. The molecule has 1 aliphatic heterocycles. The molecule has 1 aromatic carbocycles. The number of likely N-dealkylation sites (tertiary alicyclic amines) is 1. The van der Waals surface area contributed by atoms with Crippen LogP contribution in [-0.4, -0.2) is 50.4 Å². The number of amides is 2. The van der Waals surface area contributed by atoms with Gasteiger partial charge in [-0.2, -0.15) is 0 Å². The molecule has 0 radical (unpaired) electrons. The first-order chi connectivity index (χ1) is 11.8. The molecule has 24 heavy (non-hydrogen) atoms. The number of rotatable bonds is 6. The Balaban J connectivity index is 1.55.